The maximum atomic E-state index is 6.01. The van der Waals surface area contributed by atoms with E-state index in [9.17, 15) is 0 Å². The number of imidazole rings is 1. The Hall–Kier alpha value is -0.770. The summed E-state index contributed by atoms with van der Waals surface area (Å²) in [6.07, 6.45) is 6.00. The van der Waals surface area contributed by atoms with Crippen molar-refractivity contribution < 1.29 is 0 Å². The highest BCUT2D eigenvalue weighted by Crippen LogP contribution is 2.26. The predicted octanol–water partition coefficient (Wildman–Crippen LogP) is 3.94. The SMILES string of the molecule is Clc1cc2nc(CCC3CCCCN3)[nH]c2cc1Cl. The highest BCUT2D eigenvalue weighted by atomic mass is 35.5. The molecule has 2 heterocycles. The van der Waals surface area contributed by atoms with Crippen molar-refractivity contribution in [3.8, 4) is 0 Å². The first-order valence-corrected chi connectivity index (χ1v) is 7.55. The molecule has 1 unspecified atom stereocenters. The number of benzene rings is 1. The van der Waals surface area contributed by atoms with E-state index in [-0.39, 0.29) is 0 Å². The van der Waals surface area contributed by atoms with Gasteiger partial charge in [-0.25, -0.2) is 4.98 Å². The number of hydrogen-bond donors (Lipinski definition) is 2. The van der Waals surface area contributed by atoms with Crippen molar-refractivity contribution in [1.29, 1.82) is 0 Å². The Kier molecular flexibility index (Phi) is 3.96. The molecule has 102 valence electrons. The molecule has 5 heteroatoms. The topological polar surface area (TPSA) is 40.7 Å². The van der Waals surface area contributed by atoms with Crippen molar-refractivity contribution in [1.82, 2.24) is 15.3 Å². The van der Waals surface area contributed by atoms with Crippen LogP contribution in [0.3, 0.4) is 0 Å². The second-order valence-corrected chi connectivity index (χ2v) is 5.97. The maximum Gasteiger partial charge on any atom is 0.107 e. The summed E-state index contributed by atoms with van der Waals surface area (Å²) < 4.78 is 0. The van der Waals surface area contributed by atoms with E-state index in [1.165, 1.54) is 19.3 Å². The summed E-state index contributed by atoms with van der Waals surface area (Å²) in [6.45, 7) is 1.15. The third-order valence-corrected chi connectivity index (χ3v) is 4.44. The smallest absolute Gasteiger partial charge is 0.107 e. The van der Waals surface area contributed by atoms with Crippen LogP contribution in [0, 0.1) is 0 Å². The standard InChI is InChI=1S/C14H17Cl2N3/c15-10-7-12-13(8-11(10)16)19-14(18-12)5-4-9-3-1-2-6-17-9/h7-9,17H,1-6H2,(H,18,19). The molecular formula is C14H17Cl2N3. The minimum Gasteiger partial charge on any atom is -0.342 e. The van der Waals surface area contributed by atoms with Gasteiger partial charge in [-0.05, 0) is 37.9 Å². The van der Waals surface area contributed by atoms with E-state index in [0.717, 1.165) is 36.2 Å². The summed E-state index contributed by atoms with van der Waals surface area (Å²) in [5, 5.41) is 4.68. The van der Waals surface area contributed by atoms with E-state index in [1.807, 2.05) is 12.1 Å². The Labute approximate surface area is 122 Å². The second-order valence-electron chi connectivity index (χ2n) is 5.15. The average Bonchev–Trinajstić information content (AvgIpc) is 2.80. The Bertz CT molecular complexity index is 534. The molecule has 2 aromatic rings. The van der Waals surface area contributed by atoms with Crippen LogP contribution in [0.1, 0.15) is 31.5 Å². The lowest BCUT2D eigenvalue weighted by atomic mass is 10.0. The number of aromatic amines is 1. The number of aromatic nitrogens is 2. The van der Waals surface area contributed by atoms with E-state index in [0.29, 0.717) is 16.1 Å². The van der Waals surface area contributed by atoms with Crippen LogP contribution in [0.2, 0.25) is 10.0 Å². The fourth-order valence-corrected chi connectivity index (χ4v) is 2.98. The van der Waals surface area contributed by atoms with Crippen LogP contribution in [0.5, 0.6) is 0 Å². The van der Waals surface area contributed by atoms with Crippen LogP contribution < -0.4 is 5.32 Å². The van der Waals surface area contributed by atoms with Gasteiger partial charge in [0.25, 0.3) is 0 Å². The van der Waals surface area contributed by atoms with Crippen LogP contribution in [0.15, 0.2) is 12.1 Å². The summed E-state index contributed by atoms with van der Waals surface area (Å²) in [4.78, 5) is 7.89. The van der Waals surface area contributed by atoms with Gasteiger partial charge in [0.1, 0.15) is 5.82 Å². The van der Waals surface area contributed by atoms with Crippen molar-refractivity contribution in [3.05, 3.63) is 28.0 Å². The van der Waals surface area contributed by atoms with Gasteiger partial charge in [0.15, 0.2) is 0 Å². The van der Waals surface area contributed by atoms with E-state index < -0.39 is 0 Å². The monoisotopic (exact) mass is 297 g/mol. The molecule has 1 atom stereocenters. The number of fused-ring (bicyclic) bond motifs is 1. The summed E-state index contributed by atoms with van der Waals surface area (Å²) in [6, 6.07) is 4.29. The highest BCUT2D eigenvalue weighted by Gasteiger charge is 2.13. The first-order chi connectivity index (χ1) is 9.22. The Morgan fingerprint density at radius 3 is 2.84 bits per heavy atom. The highest BCUT2D eigenvalue weighted by molar-refractivity contribution is 6.42. The zero-order chi connectivity index (χ0) is 13.2. The van der Waals surface area contributed by atoms with E-state index >= 15 is 0 Å². The van der Waals surface area contributed by atoms with Crippen LogP contribution in [-0.4, -0.2) is 22.6 Å². The zero-order valence-electron chi connectivity index (χ0n) is 10.7. The van der Waals surface area contributed by atoms with Crippen molar-refractivity contribution in [2.24, 2.45) is 0 Å². The number of hydrogen-bond acceptors (Lipinski definition) is 2. The molecule has 0 spiro atoms. The summed E-state index contributed by atoms with van der Waals surface area (Å²) >= 11 is 12.0. The molecule has 3 nitrogen and oxygen atoms in total. The van der Waals surface area contributed by atoms with Gasteiger partial charge in [-0.2, -0.15) is 0 Å². The molecule has 19 heavy (non-hydrogen) atoms. The number of nitrogens with one attached hydrogen (secondary N) is 2. The van der Waals surface area contributed by atoms with Crippen molar-refractivity contribution in [2.75, 3.05) is 6.54 Å². The van der Waals surface area contributed by atoms with Crippen LogP contribution >= 0.6 is 23.2 Å². The van der Waals surface area contributed by atoms with Crippen LogP contribution in [0.25, 0.3) is 11.0 Å². The normalized spacial score (nSPS) is 20.0. The van der Waals surface area contributed by atoms with Gasteiger partial charge in [0, 0.05) is 12.5 Å². The molecule has 3 rings (SSSR count). The first kappa shape index (κ1) is 13.2. The molecule has 0 amide bonds. The molecule has 0 bridgehead atoms. The molecule has 1 fully saturated rings. The zero-order valence-corrected chi connectivity index (χ0v) is 12.2. The largest absolute Gasteiger partial charge is 0.342 e. The van der Waals surface area contributed by atoms with Gasteiger partial charge in [-0.3, -0.25) is 0 Å². The van der Waals surface area contributed by atoms with Gasteiger partial charge >= 0.3 is 0 Å². The summed E-state index contributed by atoms with van der Waals surface area (Å²) in [7, 11) is 0. The number of aryl methyl sites for hydroxylation is 1. The third kappa shape index (κ3) is 3.04. The average molecular weight is 298 g/mol. The molecule has 1 saturated heterocycles. The molecule has 2 N–H and O–H groups in total. The van der Waals surface area contributed by atoms with Crippen LogP contribution in [-0.2, 0) is 6.42 Å². The lowest BCUT2D eigenvalue weighted by molar-refractivity contribution is 0.381. The number of halogens is 2. The predicted molar refractivity (Wildman–Crippen MR) is 80.1 cm³/mol. The minimum atomic E-state index is 0.557. The van der Waals surface area contributed by atoms with Crippen molar-refractivity contribution in [3.63, 3.8) is 0 Å². The van der Waals surface area contributed by atoms with Crippen molar-refractivity contribution in [2.45, 2.75) is 38.1 Å². The Morgan fingerprint density at radius 1 is 1.21 bits per heavy atom. The molecule has 1 aromatic carbocycles. The Balaban J connectivity index is 1.70. The lowest BCUT2D eigenvalue weighted by Crippen LogP contribution is -2.34. The molecule has 1 aromatic heterocycles. The third-order valence-electron chi connectivity index (χ3n) is 3.71. The summed E-state index contributed by atoms with van der Waals surface area (Å²) in [5.41, 5.74) is 1.85. The van der Waals surface area contributed by atoms with Gasteiger partial charge in [0.05, 0.1) is 21.1 Å². The molecular weight excluding hydrogens is 281 g/mol. The van der Waals surface area contributed by atoms with Gasteiger partial charge in [-0.1, -0.05) is 29.6 Å². The van der Waals surface area contributed by atoms with E-state index in [4.69, 9.17) is 23.2 Å². The fourth-order valence-electron chi connectivity index (χ4n) is 2.66. The number of H-pyrrole nitrogens is 1. The van der Waals surface area contributed by atoms with E-state index in [2.05, 4.69) is 15.3 Å². The minimum absolute atomic E-state index is 0.557. The van der Waals surface area contributed by atoms with Gasteiger partial charge < -0.3 is 10.3 Å². The quantitative estimate of drug-likeness (QED) is 0.901. The molecule has 0 radical (unpaired) electrons. The number of piperidine rings is 1. The van der Waals surface area contributed by atoms with E-state index in [1.54, 1.807) is 0 Å². The molecule has 0 saturated carbocycles. The summed E-state index contributed by atoms with van der Waals surface area (Å²) in [5.74, 6) is 1.01. The van der Waals surface area contributed by atoms with Crippen molar-refractivity contribution >= 4 is 34.2 Å². The number of rotatable bonds is 3. The molecule has 1 aliphatic rings. The second kappa shape index (κ2) is 5.70. The fraction of sp³-hybridized carbons (Fsp3) is 0.500. The molecule has 1 aliphatic heterocycles. The number of nitrogens with zero attached hydrogens (tertiary/aromatic N) is 1. The Morgan fingerprint density at radius 2 is 2.05 bits per heavy atom. The van der Waals surface area contributed by atoms with Gasteiger partial charge in [0.2, 0.25) is 0 Å². The maximum absolute atomic E-state index is 6.01. The van der Waals surface area contributed by atoms with Crippen LogP contribution in [0.4, 0.5) is 0 Å². The molecule has 0 aliphatic carbocycles. The lowest BCUT2D eigenvalue weighted by Gasteiger charge is -2.22. The first-order valence-electron chi connectivity index (χ1n) is 6.79. The van der Waals surface area contributed by atoms with Gasteiger partial charge in [-0.15, -0.1) is 0 Å².